The summed E-state index contributed by atoms with van der Waals surface area (Å²) in [6, 6.07) is 10.4. The van der Waals surface area contributed by atoms with Crippen LogP contribution in [-0.2, 0) is 13.0 Å². The first-order valence-electron chi connectivity index (χ1n) is 8.89. The van der Waals surface area contributed by atoms with Crippen molar-refractivity contribution >= 4 is 16.6 Å². The predicted molar refractivity (Wildman–Crippen MR) is 97.7 cm³/mol. The molecule has 5 aromatic rings. The van der Waals surface area contributed by atoms with Crippen molar-refractivity contribution in [3.8, 4) is 11.3 Å². The molecule has 0 bridgehead atoms. The molecular weight excluding hydrogens is 364 g/mol. The highest BCUT2D eigenvalue weighted by molar-refractivity contribution is 5.79. The lowest BCUT2D eigenvalue weighted by Gasteiger charge is -2.15. The molecule has 0 amide bonds. The van der Waals surface area contributed by atoms with Crippen LogP contribution in [0.4, 0.5) is 8.78 Å². The molecule has 4 aromatic heterocycles. The molecular formula is C19H13F2N7. The number of rotatable bonds is 3. The first kappa shape index (κ1) is 15.3. The van der Waals surface area contributed by atoms with Crippen LogP contribution in [0.3, 0.4) is 0 Å². The normalized spacial score (nSPS) is 12.6. The van der Waals surface area contributed by atoms with Gasteiger partial charge in [-0.1, -0.05) is 12.1 Å². The number of alkyl halides is 2. The summed E-state index contributed by atoms with van der Waals surface area (Å²) in [5.41, 5.74) is 1.61. The second-order valence-corrected chi connectivity index (χ2v) is 6.34. The van der Waals surface area contributed by atoms with Gasteiger partial charge in [-0.25, -0.2) is 0 Å². The predicted octanol–water partition coefficient (Wildman–Crippen LogP) is 3.21. The van der Waals surface area contributed by atoms with E-state index in [2.05, 4.69) is 25.4 Å². The van der Waals surface area contributed by atoms with E-state index < -0.39 is 11.7 Å². The fourth-order valence-corrected chi connectivity index (χ4v) is 3.04. The number of nitrogens with zero attached hydrogens (tertiary/aromatic N) is 7. The summed E-state index contributed by atoms with van der Waals surface area (Å²) in [5, 5.41) is 16.4. The second-order valence-electron chi connectivity index (χ2n) is 6.34. The van der Waals surface area contributed by atoms with Crippen LogP contribution in [0.25, 0.3) is 27.8 Å². The van der Waals surface area contributed by atoms with E-state index in [0.717, 1.165) is 4.52 Å². The minimum absolute atomic E-state index is 0.0765. The first-order chi connectivity index (χ1) is 13.9. The summed E-state index contributed by atoms with van der Waals surface area (Å²) in [6.45, 7) is 0. The van der Waals surface area contributed by atoms with Gasteiger partial charge in [0.15, 0.2) is 5.65 Å². The van der Waals surface area contributed by atoms with Crippen LogP contribution in [0.5, 0.6) is 0 Å². The van der Waals surface area contributed by atoms with Gasteiger partial charge in [0.2, 0.25) is 5.82 Å². The van der Waals surface area contributed by atoms with Crippen molar-refractivity contribution in [1.82, 2.24) is 34.6 Å². The molecule has 9 heteroatoms. The molecule has 0 unspecified atom stereocenters. The molecule has 0 saturated carbocycles. The Hall–Kier alpha value is -3.75. The summed E-state index contributed by atoms with van der Waals surface area (Å²) < 4.78 is 40.9. The largest absolute Gasteiger partial charge is 0.333 e. The molecule has 0 aliphatic carbocycles. The molecule has 28 heavy (non-hydrogen) atoms. The lowest BCUT2D eigenvalue weighted by Crippen LogP contribution is -2.20. The number of aryl methyl sites for hydroxylation is 1. The maximum atomic E-state index is 15.4. The summed E-state index contributed by atoms with van der Waals surface area (Å²) in [5.74, 6) is -4.02. The number of halogens is 2. The van der Waals surface area contributed by atoms with E-state index in [0.29, 0.717) is 22.2 Å². The minimum atomic E-state index is -3.44. The fraction of sp³-hybridized carbons (Fsp3) is 0.105. The lowest BCUT2D eigenvalue weighted by atomic mass is 10.0. The maximum Gasteiger partial charge on any atom is 0.333 e. The second kappa shape index (κ2) is 5.88. The highest BCUT2D eigenvalue weighted by atomic mass is 19.3. The Morgan fingerprint density at radius 2 is 2.00 bits per heavy atom. The summed E-state index contributed by atoms with van der Waals surface area (Å²) >= 11 is 0. The molecule has 0 N–H and O–H groups in total. The van der Waals surface area contributed by atoms with E-state index >= 15 is 8.78 Å². The summed E-state index contributed by atoms with van der Waals surface area (Å²) in [6.07, 6.45) is 3.42. The standard InChI is InChI=1S/C19H13F2N7/c1-27-11-13(10-23-27)16-6-7-17-24-25-18(28(17)26-16)19(20,21)14-4-5-15-12(9-14)3-2-8-22-15/h2-11H,1H3/i8D. The molecule has 5 rings (SSSR count). The van der Waals surface area contributed by atoms with Crippen molar-refractivity contribution in [3.63, 3.8) is 0 Å². The van der Waals surface area contributed by atoms with Gasteiger partial charge >= 0.3 is 5.92 Å². The van der Waals surface area contributed by atoms with Gasteiger partial charge in [-0.05, 0) is 30.3 Å². The van der Waals surface area contributed by atoms with Crippen molar-refractivity contribution < 1.29 is 10.2 Å². The molecule has 0 aliphatic rings. The van der Waals surface area contributed by atoms with Gasteiger partial charge in [0.25, 0.3) is 0 Å². The van der Waals surface area contributed by atoms with E-state index in [1.54, 1.807) is 42.3 Å². The Balaban J connectivity index is 1.64. The van der Waals surface area contributed by atoms with Gasteiger partial charge in [-0.2, -0.15) is 23.5 Å². The minimum Gasteiger partial charge on any atom is -0.275 e. The topological polar surface area (TPSA) is 73.8 Å². The molecule has 0 atom stereocenters. The van der Waals surface area contributed by atoms with Gasteiger partial charge in [-0.3, -0.25) is 9.67 Å². The number of hydrogen-bond acceptors (Lipinski definition) is 5. The molecule has 0 radical (unpaired) electrons. The van der Waals surface area contributed by atoms with Crippen LogP contribution in [0.15, 0.2) is 61.0 Å². The molecule has 7 nitrogen and oxygen atoms in total. The van der Waals surface area contributed by atoms with Crippen molar-refractivity contribution in [1.29, 1.82) is 0 Å². The smallest absolute Gasteiger partial charge is 0.275 e. The number of aromatic nitrogens is 7. The Morgan fingerprint density at radius 3 is 2.82 bits per heavy atom. The zero-order chi connectivity index (χ0) is 20.2. The van der Waals surface area contributed by atoms with Crippen molar-refractivity contribution in [3.05, 3.63) is 72.4 Å². The number of hydrogen-bond donors (Lipinski definition) is 0. The Bertz CT molecular complexity index is 1380. The third kappa shape index (κ3) is 2.51. The van der Waals surface area contributed by atoms with Crippen LogP contribution in [0.2, 0.25) is 0 Å². The number of fused-ring (bicyclic) bond motifs is 2. The van der Waals surface area contributed by atoms with Gasteiger partial charge < -0.3 is 0 Å². The van der Waals surface area contributed by atoms with Crippen LogP contribution in [0, 0.1) is 0 Å². The van der Waals surface area contributed by atoms with Gasteiger partial charge in [-0.15, -0.1) is 10.2 Å². The van der Waals surface area contributed by atoms with Crippen molar-refractivity contribution in [2.45, 2.75) is 5.92 Å². The third-order valence-corrected chi connectivity index (χ3v) is 4.46. The lowest BCUT2D eigenvalue weighted by molar-refractivity contribution is 0.0307. The maximum absolute atomic E-state index is 15.4. The quantitative estimate of drug-likeness (QED) is 0.482. The van der Waals surface area contributed by atoms with E-state index in [4.69, 9.17) is 1.37 Å². The van der Waals surface area contributed by atoms with Crippen LogP contribution in [-0.4, -0.2) is 34.6 Å². The SMILES string of the molecule is [2H]c1ccc2cc(C(F)(F)c3nnc4ccc(-c5cnn(C)c5)nn34)ccc2n1. The summed E-state index contributed by atoms with van der Waals surface area (Å²) in [4.78, 5) is 4.03. The molecule has 0 saturated heterocycles. The Labute approximate surface area is 158 Å². The highest BCUT2D eigenvalue weighted by Crippen LogP contribution is 2.35. The average molecular weight is 378 g/mol. The first-order valence-corrected chi connectivity index (χ1v) is 8.39. The molecule has 138 valence electrons. The van der Waals surface area contributed by atoms with E-state index in [1.165, 1.54) is 24.3 Å². The molecule has 4 heterocycles. The summed E-state index contributed by atoms with van der Waals surface area (Å²) in [7, 11) is 1.76. The molecule has 0 aliphatic heterocycles. The van der Waals surface area contributed by atoms with Crippen LogP contribution in [0.1, 0.15) is 12.8 Å². The zero-order valence-corrected chi connectivity index (χ0v) is 14.6. The highest BCUT2D eigenvalue weighted by Gasteiger charge is 2.40. The monoisotopic (exact) mass is 378 g/mol. The Morgan fingerprint density at radius 1 is 1.11 bits per heavy atom. The van der Waals surface area contributed by atoms with Crippen molar-refractivity contribution in [2.24, 2.45) is 7.05 Å². The molecule has 0 fully saturated rings. The average Bonchev–Trinajstić information content (AvgIpc) is 3.33. The van der Waals surface area contributed by atoms with E-state index in [9.17, 15) is 0 Å². The van der Waals surface area contributed by atoms with Gasteiger partial charge in [0.1, 0.15) is 0 Å². The zero-order valence-electron chi connectivity index (χ0n) is 15.6. The van der Waals surface area contributed by atoms with E-state index in [-0.39, 0.29) is 17.4 Å². The van der Waals surface area contributed by atoms with Crippen LogP contribution >= 0.6 is 0 Å². The van der Waals surface area contributed by atoms with Crippen LogP contribution < -0.4 is 0 Å². The number of benzene rings is 1. The van der Waals surface area contributed by atoms with E-state index in [1.807, 2.05) is 0 Å². The molecule has 0 spiro atoms. The fourth-order valence-electron chi connectivity index (χ4n) is 3.04. The van der Waals surface area contributed by atoms with Gasteiger partial charge in [0.05, 0.1) is 18.8 Å². The molecule has 1 aromatic carbocycles. The Kier molecular flexibility index (Phi) is 3.22. The number of pyridine rings is 1. The third-order valence-electron chi connectivity index (χ3n) is 4.46. The van der Waals surface area contributed by atoms with Gasteiger partial charge in [0, 0.05) is 35.9 Å². The van der Waals surface area contributed by atoms with Crippen molar-refractivity contribution in [2.75, 3.05) is 0 Å².